The molecule has 0 radical (unpaired) electrons. The minimum atomic E-state index is -4.56. The molecule has 3 aromatic carbocycles. The Morgan fingerprint density at radius 1 is 0.983 bits per heavy atom. The van der Waals surface area contributed by atoms with E-state index in [1.807, 2.05) is 69.3 Å². The number of carbonyl (C=O) groups is 3. The summed E-state index contributed by atoms with van der Waals surface area (Å²) in [5.74, 6) is -0.485. The van der Waals surface area contributed by atoms with E-state index in [1.165, 1.54) is 11.0 Å². The fourth-order valence-electron chi connectivity index (χ4n) is 7.93. The van der Waals surface area contributed by atoms with Gasteiger partial charge in [-0.1, -0.05) is 75.4 Å². The second kappa shape index (κ2) is 16.5. The Bertz CT molecular complexity index is 2210. The molecule has 3 aliphatic rings. The van der Waals surface area contributed by atoms with Gasteiger partial charge in [0.05, 0.1) is 24.9 Å². The van der Waals surface area contributed by atoms with Crippen LogP contribution in [0.5, 0.6) is 17.2 Å². The number of ether oxygens (including phenoxy) is 3. The smallest absolute Gasteiger partial charge is 0.408 e. The summed E-state index contributed by atoms with van der Waals surface area (Å²) in [5.41, 5.74) is 1.33. The van der Waals surface area contributed by atoms with Gasteiger partial charge in [-0.3, -0.25) is 9.59 Å². The first-order valence-corrected chi connectivity index (χ1v) is 21.3. The molecule has 2 heterocycles. The van der Waals surface area contributed by atoms with E-state index in [9.17, 15) is 23.8 Å². The second-order valence-corrected chi connectivity index (χ2v) is 18.4. The first kappa shape index (κ1) is 40.8. The average Bonchev–Trinajstić information content (AvgIpc) is 3.46. The quantitative estimate of drug-likeness (QED) is 0.0904. The van der Waals surface area contributed by atoms with Crippen LogP contribution in [0.2, 0.25) is 0 Å². The number of nitrogens with zero attached hydrogens (tertiary/aromatic N) is 2. The van der Waals surface area contributed by atoms with Crippen LogP contribution in [-0.2, 0) is 18.9 Å². The predicted molar refractivity (Wildman–Crippen MR) is 219 cm³/mol. The van der Waals surface area contributed by atoms with Gasteiger partial charge in [-0.15, -0.1) is 6.58 Å². The fourth-order valence-corrected chi connectivity index (χ4v) is 9.71. The van der Waals surface area contributed by atoms with Crippen molar-refractivity contribution < 1.29 is 42.6 Å². The zero-order chi connectivity index (χ0) is 41.2. The van der Waals surface area contributed by atoms with Gasteiger partial charge in [0.25, 0.3) is 0 Å². The van der Waals surface area contributed by atoms with Gasteiger partial charge in [0, 0.05) is 35.4 Å². The standard InChI is InChI=1S/C44H51N4O9P/c1-6-29-26-44(29,58(52,53)57-31-19-11-8-12-20-31)47-40(49)37-24-33(27-48(37)41(50)39(43(2,3)4)46-42(51)56-30-17-13-14-18-30)55-38-25-35(28-15-9-7-10-16-28)45-36-23-32(54-5)21-22-34(36)38/h6-12,15-16,19-23,25,29-30,33,37,39H,1,13-14,17-18,24,26-27H2,2-5H3,(H,46,51)(H,47,49)(H,52,53)/t29-,33-,37+,39-,44+/m1/s1. The van der Waals surface area contributed by atoms with Crippen LogP contribution in [0.15, 0.2) is 97.6 Å². The SMILES string of the molecule is C=C[C@@H]1C[C@]1(NC(=O)[C@@H]1C[C@@H](Oc2cc(-c3ccccc3)nc3cc(OC)ccc23)CN1C(=O)[C@@H](NC(=O)OC1CCCC1)C(C)(C)C)P(=O)(O)Oc1ccccc1. The van der Waals surface area contributed by atoms with Gasteiger partial charge < -0.3 is 39.2 Å². The Morgan fingerprint density at radius 3 is 2.31 bits per heavy atom. The Balaban J connectivity index is 1.22. The third-order valence-electron chi connectivity index (χ3n) is 11.2. The number of fused-ring (bicyclic) bond motifs is 1. The third kappa shape index (κ3) is 8.56. The van der Waals surface area contributed by atoms with E-state index in [0.29, 0.717) is 28.1 Å². The van der Waals surface area contributed by atoms with Crippen LogP contribution < -0.4 is 24.6 Å². The van der Waals surface area contributed by atoms with Gasteiger partial charge in [-0.25, -0.2) is 14.3 Å². The van der Waals surface area contributed by atoms with Crippen LogP contribution in [-0.4, -0.2) is 75.9 Å². The summed E-state index contributed by atoms with van der Waals surface area (Å²) in [6.45, 7) is 9.28. The molecule has 58 heavy (non-hydrogen) atoms. The van der Waals surface area contributed by atoms with Crippen molar-refractivity contribution >= 4 is 36.4 Å². The van der Waals surface area contributed by atoms with Gasteiger partial charge in [-0.2, -0.15) is 0 Å². The van der Waals surface area contributed by atoms with Gasteiger partial charge >= 0.3 is 13.7 Å². The van der Waals surface area contributed by atoms with E-state index in [1.54, 1.807) is 43.5 Å². The third-order valence-corrected chi connectivity index (χ3v) is 13.3. The van der Waals surface area contributed by atoms with E-state index in [2.05, 4.69) is 17.2 Å². The Morgan fingerprint density at radius 2 is 1.67 bits per heavy atom. The normalized spacial score (nSPS) is 23.3. The molecule has 1 aromatic heterocycles. The number of likely N-dealkylation sites (tertiary alicyclic amines) is 1. The van der Waals surface area contributed by atoms with Crippen molar-refractivity contribution in [1.29, 1.82) is 0 Å². The lowest BCUT2D eigenvalue weighted by Crippen LogP contribution is -2.58. The number of hydrogen-bond donors (Lipinski definition) is 3. The number of nitrogens with one attached hydrogen (secondary N) is 2. The number of alkyl carbamates (subject to hydrolysis) is 1. The topological polar surface area (TPSA) is 166 Å². The number of para-hydroxylation sites is 1. The van der Waals surface area contributed by atoms with E-state index >= 15 is 0 Å². The molecule has 1 saturated heterocycles. The fraction of sp³-hybridized carbons (Fsp3) is 0.409. The summed E-state index contributed by atoms with van der Waals surface area (Å²) < 4.78 is 37.6. The molecule has 306 valence electrons. The van der Waals surface area contributed by atoms with Crippen molar-refractivity contribution in [2.45, 2.75) is 88.9 Å². The minimum Gasteiger partial charge on any atom is -0.497 e. The van der Waals surface area contributed by atoms with E-state index in [-0.39, 0.29) is 31.2 Å². The number of aromatic nitrogens is 1. The molecule has 3 fully saturated rings. The zero-order valence-electron chi connectivity index (χ0n) is 33.3. The molecule has 3 amide bonds. The summed E-state index contributed by atoms with van der Waals surface area (Å²) in [4.78, 5) is 60.4. The highest BCUT2D eigenvalue weighted by molar-refractivity contribution is 7.55. The van der Waals surface area contributed by atoms with E-state index < -0.39 is 60.3 Å². The predicted octanol–water partition coefficient (Wildman–Crippen LogP) is 7.63. The first-order chi connectivity index (χ1) is 27.7. The molecule has 3 N–H and O–H groups in total. The lowest BCUT2D eigenvalue weighted by Gasteiger charge is -2.35. The zero-order valence-corrected chi connectivity index (χ0v) is 34.2. The summed E-state index contributed by atoms with van der Waals surface area (Å²) >= 11 is 0. The van der Waals surface area contributed by atoms with Crippen molar-refractivity contribution in [3.05, 3.63) is 97.6 Å². The maximum absolute atomic E-state index is 14.8. The highest BCUT2D eigenvalue weighted by Crippen LogP contribution is 2.69. The van der Waals surface area contributed by atoms with Crippen molar-refractivity contribution in [2.75, 3.05) is 13.7 Å². The maximum Gasteiger partial charge on any atom is 0.408 e. The molecule has 13 nitrogen and oxygen atoms in total. The molecule has 2 aliphatic carbocycles. The van der Waals surface area contributed by atoms with Crippen molar-refractivity contribution in [3.63, 3.8) is 0 Å². The highest BCUT2D eigenvalue weighted by atomic mass is 31.2. The number of benzene rings is 3. The lowest BCUT2D eigenvalue weighted by molar-refractivity contribution is -0.142. The van der Waals surface area contributed by atoms with Crippen molar-refractivity contribution in [3.8, 4) is 28.5 Å². The van der Waals surface area contributed by atoms with Gasteiger partial charge in [0.1, 0.15) is 41.5 Å². The largest absolute Gasteiger partial charge is 0.497 e. The molecule has 2 saturated carbocycles. The van der Waals surface area contributed by atoms with Gasteiger partial charge in [0.15, 0.2) is 5.28 Å². The molecule has 1 aliphatic heterocycles. The average molecular weight is 811 g/mol. The number of pyridine rings is 1. The number of hydrogen-bond acceptors (Lipinski definition) is 9. The molecule has 14 heteroatoms. The van der Waals surface area contributed by atoms with Crippen molar-refractivity contribution in [2.24, 2.45) is 11.3 Å². The molecule has 1 unspecified atom stereocenters. The van der Waals surface area contributed by atoms with Crippen LogP contribution in [0.25, 0.3) is 22.2 Å². The summed E-state index contributed by atoms with van der Waals surface area (Å²) in [7, 11) is -2.98. The number of rotatable bonds is 13. The minimum absolute atomic E-state index is 0.0291. The molecule has 7 rings (SSSR count). The first-order valence-electron chi connectivity index (χ1n) is 19.7. The second-order valence-electron chi connectivity index (χ2n) is 16.4. The molecule has 0 bridgehead atoms. The maximum atomic E-state index is 14.8. The van der Waals surface area contributed by atoms with E-state index in [0.717, 1.165) is 31.2 Å². The van der Waals surface area contributed by atoms with Gasteiger partial charge in [0.2, 0.25) is 11.8 Å². The van der Waals surface area contributed by atoms with E-state index in [4.69, 9.17) is 23.7 Å². The highest BCUT2D eigenvalue weighted by Gasteiger charge is 2.68. The molecule has 6 atom stereocenters. The Hall–Kier alpha value is -5.39. The van der Waals surface area contributed by atoms with Crippen molar-refractivity contribution in [1.82, 2.24) is 20.5 Å². The van der Waals surface area contributed by atoms with Crippen LogP contribution in [0.3, 0.4) is 0 Å². The van der Waals surface area contributed by atoms with Crippen LogP contribution >= 0.6 is 7.60 Å². The number of carbonyl (C=O) groups excluding carboxylic acids is 3. The van der Waals surface area contributed by atoms with Gasteiger partial charge in [-0.05, 0) is 61.8 Å². The number of amides is 3. The Labute approximate surface area is 338 Å². The summed E-state index contributed by atoms with van der Waals surface area (Å²) in [6, 6.07) is 22.9. The molecule has 4 aromatic rings. The summed E-state index contributed by atoms with van der Waals surface area (Å²) in [5, 5.41) is 4.68. The van der Waals surface area contributed by atoms with Crippen LogP contribution in [0.1, 0.15) is 59.3 Å². The van der Waals surface area contributed by atoms with Crippen LogP contribution in [0.4, 0.5) is 4.79 Å². The molecular formula is C44H51N4O9P. The Kier molecular flexibility index (Phi) is 11.6. The monoisotopic (exact) mass is 810 g/mol. The van der Waals surface area contributed by atoms with Crippen LogP contribution in [0, 0.1) is 11.3 Å². The lowest BCUT2D eigenvalue weighted by atomic mass is 9.85. The molecular weight excluding hydrogens is 759 g/mol. The molecule has 0 spiro atoms. The summed E-state index contributed by atoms with van der Waals surface area (Å²) in [6.07, 6.45) is 3.46. The number of methoxy groups -OCH3 is 1.